The van der Waals surface area contributed by atoms with Gasteiger partial charge in [-0.3, -0.25) is 0 Å². The average Bonchev–Trinajstić information content (AvgIpc) is 2.60. The zero-order valence-corrected chi connectivity index (χ0v) is 13.6. The van der Waals surface area contributed by atoms with Gasteiger partial charge in [0, 0.05) is 6.42 Å². The van der Waals surface area contributed by atoms with Gasteiger partial charge in [-0.25, -0.2) is 0 Å². The zero-order chi connectivity index (χ0) is 15.8. The molecule has 0 amide bonds. The van der Waals surface area contributed by atoms with E-state index in [2.05, 4.69) is 12.1 Å². The first-order chi connectivity index (χ1) is 11.2. The summed E-state index contributed by atoms with van der Waals surface area (Å²) in [6.07, 6.45) is 9.48. The third kappa shape index (κ3) is 2.60. The van der Waals surface area contributed by atoms with E-state index in [1.165, 1.54) is 24.0 Å². The van der Waals surface area contributed by atoms with Crippen LogP contribution in [0.2, 0.25) is 0 Å². The first kappa shape index (κ1) is 14.6. The van der Waals surface area contributed by atoms with E-state index < -0.39 is 0 Å². The van der Waals surface area contributed by atoms with Gasteiger partial charge < -0.3 is 10.2 Å². The molecule has 2 nitrogen and oxygen atoms in total. The molecule has 0 aliphatic heterocycles. The van der Waals surface area contributed by atoms with Crippen LogP contribution in [0.5, 0.6) is 11.5 Å². The van der Waals surface area contributed by atoms with Crippen molar-refractivity contribution < 1.29 is 10.2 Å². The number of aromatic hydroxyl groups is 2. The van der Waals surface area contributed by atoms with E-state index in [4.69, 9.17) is 0 Å². The van der Waals surface area contributed by atoms with E-state index in [1.54, 1.807) is 0 Å². The maximum Gasteiger partial charge on any atom is 0.122 e. The fourth-order valence-electron chi connectivity index (χ4n) is 4.20. The average molecular weight is 308 g/mol. The Bertz CT molecular complexity index is 682. The molecule has 23 heavy (non-hydrogen) atoms. The monoisotopic (exact) mass is 308 g/mol. The fourth-order valence-corrected chi connectivity index (χ4v) is 4.20. The van der Waals surface area contributed by atoms with Crippen LogP contribution in [-0.4, -0.2) is 10.2 Å². The summed E-state index contributed by atoms with van der Waals surface area (Å²) in [5, 5.41) is 21.3. The normalized spacial score (nSPS) is 16.7. The van der Waals surface area contributed by atoms with Crippen LogP contribution in [0.3, 0.4) is 0 Å². The number of benzene rings is 2. The quantitative estimate of drug-likeness (QED) is 0.860. The van der Waals surface area contributed by atoms with Crippen molar-refractivity contribution >= 4 is 0 Å². The number of phenols is 2. The van der Waals surface area contributed by atoms with Crippen LogP contribution >= 0.6 is 0 Å². The third-order valence-corrected chi connectivity index (χ3v) is 5.55. The molecular weight excluding hydrogens is 284 g/mol. The van der Waals surface area contributed by atoms with Crippen molar-refractivity contribution in [2.24, 2.45) is 0 Å². The first-order valence-electron chi connectivity index (χ1n) is 8.89. The lowest BCUT2D eigenvalue weighted by atomic mass is 9.86. The molecule has 0 saturated heterocycles. The molecule has 2 heteroatoms. The molecule has 0 fully saturated rings. The fraction of sp³-hybridized carbons (Fsp3) is 0.429. The summed E-state index contributed by atoms with van der Waals surface area (Å²) in [4.78, 5) is 0. The van der Waals surface area contributed by atoms with Crippen LogP contribution < -0.4 is 0 Å². The summed E-state index contributed by atoms with van der Waals surface area (Å²) in [5.74, 6) is 0.915. The predicted octanol–water partition coefficient (Wildman–Crippen LogP) is 4.45. The standard InChI is InChI=1S/C21H24O2/c22-20-16(11-9-14-5-1-3-7-18(14)20)13-17-12-10-15-6-2-4-8-19(15)21(17)23/h9-12,22-23H,1-8,13H2. The Balaban J connectivity index is 1.69. The molecule has 0 bridgehead atoms. The van der Waals surface area contributed by atoms with Gasteiger partial charge in [0.25, 0.3) is 0 Å². The van der Waals surface area contributed by atoms with Crippen LogP contribution in [0.25, 0.3) is 0 Å². The smallest absolute Gasteiger partial charge is 0.122 e. The van der Waals surface area contributed by atoms with Crippen molar-refractivity contribution in [2.75, 3.05) is 0 Å². The summed E-state index contributed by atoms with van der Waals surface area (Å²) in [5.41, 5.74) is 6.74. The second-order valence-corrected chi connectivity index (χ2v) is 7.01. The number of hydrogen-bond donors (Lipinski definition) is 2. The number of rotatable bonds is 2. The second kappa shape index (κ2) is 5.92. The van der Waals surface area contributed by atoms with Crippen LogP contribution in [0, 0.1) is 0 Å². The van der Waals surface area contributed by atoms with Crippen LogP contribution in [0.1, 0.15) is 59.1 Å². The van der Waals surface area contributed by atoms with Gasteiger partial charge in [0.1, 0.15) is 11.5 Å². The SMILES string of the molecule is Oc1c(Cc2ccc3c(c2O)CCCC3)ccc2c1CCCC2. The number of fused-ring (bicyclic) bond motifs is 2. The molecule has 0 spiro atoms. The van der Waals surface area contributed by atoms with Crippen LogP contribution in [0.4, 0.5) is 0 Å². The lowest BCUT2D eigenvalue weighted by Gasteiger charge is -2.21. The van der Waals surface area contributed by atoms with Gasteiger partial charge in [-0.15, -0.1) is 0 Å². The molecule has 4 rings (SSSR count). The molecule has 0 radical (unpaired) electrons. The van der Waals surface area contributed by atoms with Crippen molar-refractivity contribution in [1.29, 1.82) is 0 Å². The highest BCUT2D eigenvalue weighted by Crippen LogP contribution is 2.37. The molecule has 0 saturated carbocycles. The van der Waals surface area contributed by atoms with Crippen LogP contribution in [-0.2, 0) is 32.1 Å². The molecular formula is C21H24O2. The van der Waals surface area contributed by atoms with E-state index in [1.807, 2.05) is 12.1 Å². The largest absolute Gasteiger partial charge is 0.507 e. The summed E-state index contributed by atoms with van der Waals surface area (Å²) >= 11 is 0. The maximum atomic E-state index is 10.6. The minimum absolute atomic E-state index is 0.458. The van der Waals surface area contributed by atoms with E-state index >= 15 is 0 Å². The van der Waals surface area contributed by atoms with Gasteiger partial charge in [0.2, 0.25) is 0 Å². The molecule has 2 aromatic carbocycles. The minimum atomic E-state index is 0.458. The summed E-state index contributed by atoms with van der Waals surface area (Å²) < 4.78 is 0. The van der Waals surface area contributed by atoms with Crippen molar-refractivity contribution in [2.45, 2.75) is 57.8 Å². The lowest BCUT2D eigenvalue weighted by Crippen LogP contribution is -2.06. The minimum Gasteiger partial charge on any atom is -0.507 e. The molecule has 2 aromatic rings. The topological polar surface area (TPSA) is 40.5 Å². The molecule has 2 aliphatic rings. The highest BCUT2D eigenvalue weighted by Gasteiger charge is 2.19. The Morgan fingerprint density at radius 2 is 1.04 bits per heavy atom. The highest BCUT2D eigenvalue weighted by molar-refractivity contribution is 5.52. The predicted molar refractivity (Wildman–Crippen MR) is 92.3 cm³/mol. The Morgan fingerprint density at radius 3 is 1.52 bits per heavy atom. The Morgan fingerprint density at radius 1 is 0.609 bits per heavy atom. The summed E-state index contributed by atoms with van der Waals surface area (Å²) in [6, 6.07) is 8.41. The van der Waals surface area contributed by atoms with Gasteiger partial charge >= 0.3 is 0 Å². The maximum absolute atomic E-state index is 10.6. The third-order valence-electron chi connectivity index (χ3n) is 5.55. The van der Waals surface area contributed by atoms with Crippen molar-refractivity contribution in [3.05, 3.63) is 57.6 Å². The van der Waals surface area contributed by atoms with E-state index in [0.717, 1.165) is 60.8 Å². The van der Waals surface area contributed by atoms with Gasteiger partial charge in [-0.1, -0.05) is 24.3 Å². The zero-order valence-electron chi connectivity index (χ0n) is 13.6. The first-order valence-corrected chi connectivity index (χ1v) is 8.89. The van der Waals surface area contributed by atoms with E-state index in [-0.39, 0.29) is 0 Å². The van der Waals surface area contributed by atoms with Crippen molar-refractivity contribution in [3.63, 3.8) is 0 Å². The van der Waals surface area contributed by atoms with Gasteiger partial charge in [-0.05, 0) is 84.7 Å². The molecule has 0 atom stereocenters. The van der Waals surface area contributed by atoms with Crippen LogP contribution in [0.15, 0.2) is 24.3 Å². The van der Waals surface area contributed by atoms with Crippen molar-refractivity contribution in [1.82, 2.24) is 0 Å². The molecule has 0 aromatic heterocycles. The van der Waals surface area contributed by atoms with E-state index in [9.17, 15) is 10.2 Å². The lowest BCUT2D eigenvalue weighted by molar-refractivity contribution is 0.449. The molecule has 0 heterocycles. The molecule has 2 N–H and O–H groups in total. The van der Waals surface area contributed by atoms with Gasteiger partial charge in [0.15, 0.2) is 0 Å². The van der Waals surface area contributed by atoms with E-state index in [0.29, 0.717) is 17.9 Å². The Labute approximate surface area is 137 Å². The second-order valence-electron chi connectivity index (χ2n) is 7.01. The molecule has 0 unspecified atom stereocenters. The summed E-state index contributed by atoms with van der Waals surface area (Å²) in [7, 11) is 0. The van der Waals surface area contributed by atoms with Gasteiger partial charge in [0.05, 0.1) is 0 Å². The highest BCUT2D eigenvalue weighted by atomic mass is 16.3. The summed E-state index contributed by atoms with van der Waals surface area (Å²) in [6.45, 7) is 0. The van der Waals surface area contributed by atoms with Crippen molar-refractivity contribution in [3.8, 4) is 11.5 Å². The number of aryl methyl sites for hydroxylation is 2. The number of phenolic OH excluding ortho intramolecular Hbond substituents is 2. The van der Waals surface area contributed by atoms with Gasteiger partial charge in [-0.2, -0.15) is 0 Å². The molecule has 2 aliphatic carbocycles. The number of hydrogen-bond acceptors (Lipinski definition) is 2. The Hall–Kier alpha value is -1.96. The Kier molecular flexibility index (Phi) is 3.76. The molecule has 120 valence electrons.